The SMILES string of the molecule is Clc1ccc(/C=C/c2n[nH]c3ccccc23)c(-n2cc3ccccc3c2)c1. The van der Waals surface area contributed by atoms with Crippen molar-refractivity contribution >= 4 is 45.4 Å². The maximum Gasteiger partial charge on any atom is 0.0927 e. The summed E-state index contributed by atoms with van der Waals surface area (Å²) in [5, 5.41) is 11.7. The number of hydrogen-bond donors (Lipinski definition) is 1. The summed E-state index contributed by atoms with van der Waals surface area (Å²) in [7, 11) is 0. The summed E-state index contributed by atoms with van der Waals surface area (Å²) in [6.07, 6.45) is 8.37. The van der Waals surface area contributed by atoms with Crippen LogP contribution >= 0.6 is 11.6 Å². The van der Waals surface area contributed by atoms with Gasteiger partial charge < -0.3 is 4.57 Å². The van der Waals surface area contributed by atoms with E-state index >= 15 is 0 Å². The number of nitrogens with zero attached hydrogens (tertiary/aromatic N) is 2. The molecule has 5 rings (SSSR count). The van der Waals surface area contributed by atoms with Crippen molar-refractivity contribution in [2.45, 2.75) is 0 Å². The summed E-state index contributed by atoms with van der Waals surface area (Å²) in [5.41, 5.74) is 4.07. The third-order valence-corrected chi connectivity index (χ3v) is 4.98. The summed E-state index contributed by atoms with van der Waals surface area (Å²) in [5.74, 6) is 0. The highest BCUT2D eigenvalue weighted by molar-refractivity contribution is 6.30. The van der Waals surface area contributed by atoms with Gasteiger partial charge in [0, 0.05) is 22.8 Å². The number of para-hydroxylation sites is 1. The number of nitrogens with one attached hydrogen (secondary N) is 1. The molecule has 0 aliphatic heterocycles. The van der Waals surface area contributed by atoms with Crippen molar-refractivity contribution in [1.29, 1.82) is 0 Å². The van der Waals surface area contributed by atoms with Crippen molar-refractivity contribution in [2.75, 3.05) is 0 Å². The Labute approximate surface area is 161 Å². The first kappa shape index (κ1) is 15.9. The Morgan fingerprint density at radius 1 is 0.852 bits per heavy atom. The minimum absolute atomic E-state index is 0.713. The average molecular weight is 370 g/mol. The largest absolute Gasteiger partial charge is 0.322 e. The summed E-state index contributed by atoms with van der Waals surface area (Å²) >= 11 is 6.29. The van der Waals surface area contributed by atoms with E-state index in [2.05, 4.69) is 51.4 Å². The van der Waals surface area contributed by atoms with Crippen LogP contribution in [0.25, 0.3) is 39.5 Å². The molecule has 3 nitrogen and oxygen atoms in total. The number of benzene rings is 3. The average Bonchev–Trinajstić information content (AvgIpc) is 3.31. The van der Waals surface area contributed by atoms with Crippen LogP contribution in [0.5, 0.6) is 0 Å². The van der Waals surface area contributed by atoms with Crippen molar-refractivity contribution in [3.8, 4) is 5.69 Å². The minimum Gasteiger partial charge on any atom is -0.322 e. The lowest BCUT2D eigenvalue weighted by Crippen LogP contribution is -1.93. The Morgan fingerprint density at radius 3 is 2.41 bits per heavy atom. The molecular weight excluding hydrogens is 354 g/mol. The topological polar surface area (TPSA) is 33.6 Å². The molecule has 0 atom stereocenters. The van der Waals surface area contributed by atoms with E-state index in [9.17, 15) is 0 Å². The molecule has 0 aliphatic carbocycles. The first-order valence-electron chi connectivity index (χ1n) is 8.76. The van der Waals surface area contributed by atoms with Crippen molar-refractivity contribution < 1.29 is 0 Å². The lowest BCUT2D eigenvalue weighted by Gasteiger charge is -2.08. The van der Waals surface area contributed by atoms with Gasteiger partial charge in [-0.2, -0.15) is 5.10 Å². The fourth-order valence-electron chi connectivity index (χ4n) is 3.38. The second kappa shape index (κ2) is 6.45. The van der Waals surface area contributed by atoms with Crippen molar-refractivity contribution in [2.24, 2.45) is 0 Å². The minimum atomic E-state index is 0.713. The molecule has 0 fully saturated rings. The summed E-state index contributed by atoms with van der Waals surface area (Å²) in [6.45, 7) is 0. The van der Waals surface area contributed by atoms with Crippen LogP contribution in [0.3, 0.4) is 0 Å². The zero-order valence-corrected chi connectivity index (χ0v) is 15.2. The molecule has 0 bridgehead atoms. The molecule has 3 aromatic carbocycles. The molecule has 1 N–H and O–H groups in total. The first-order valence-corrected chi connectivity index (χ1v) is 9.13. The molecule has 4 heteroatoms. The zero-order chi connectivity index (χ0) is 18.2. The number of aromatic amines is 1. The van der Waals surface area contributed by atoms with Crippen LogP contribution < -0.4 is 0 Å². The van der Waals surface area contributed by atoms with Gasteiger partial charge >= 0.3 is 0 Å². The maximum absolute atomic E-state index is 6.29. The molecular formula is C23H16ClN3. The van der Waals surface area contributed by atoms with E-state index in [0.717, 1.165) is 27.8 Å². The highest BCUT2D eigenvalue weighted by Gasteiger charge is 2.07. The van der Waals surface area contributed by atoms with E-state index in [1.807, 2.05) is 54.6 Å². The van der Waals surface area contributed by atoms with Crippen LogP contribution in [-0.4, -0.2) is 14.8 Å². The van der Waals surface area contributed by atoms with Crippen LogP contribution in [0.15, 0.2) is 79.1 Å². The van der Waals surface area contributed by atoms with E-state index in [0.29, 0.717) is 5.02 Å². The monoisotopic (exact) mass is 369 g/mol. The zero-order valence-electron chi connectivity index (χ0n) is 14.4. The van der Waals surface area contributed by atoms with Gasteiger partial charge in [-0.3, -0.25) is 5.10 Å². The molecule has 2 aromatic heterocycles. The van der Waals surface area contributed by atoms with Gasteiger partial charge in [-0.1, -0.05) is 66.2 Å². The smallest absolute Gasteiger partial charge is 0.0927 e. The Kier molecular flexibility index (Phi) is 3.80. The first-order chi connectivity index (χ1) is 13.3. The summed E-state index contributed by atoms with van der Waals surface area (Å²) in [4.78, 5) is 0. The highest BCUT2D eigenvalue weighted by atomic mass is 35.5. The van der Waals surface area contributed by atoms with Gasteiger partial charge in [0.2, 0.25) is 0 Å². The number of halogens is 1. The third kappa shape index (κ3) is 2.92. The quantitative estimate of drug-likeness (QED) is 0.396. The molecule has 5 aromatic rings. The number of hydrogen-bond acceptors (Lipinski definition) is 1. The van der Waals surface area contributed by atoms with Gasteiger partial charge in [-0.25, -0.2) is 0 Å². The Hall–Kier alpha value is -3.30. The number of rotatable bonds is 3. The van der Waals surface area contributed by atoms with E-state index in [4.69, 9.17) is 11.6 Å². The lowest BCUT2D eigenvalue weighted by atomic mass is 10.1. The third-order valence-electron chi connectivity index (χ3n) is 4.74. The Bertz CT molecular complexity index is 1260. The van der Waals surface area contributed by atoms with Crippen LogP contribution in [-0.2, 0) is 0 Å². The van der Waals surface area contributed by atoms with Crippen molar-refractivity contribution in [3.63, 3.8) is 0 Å². The molecule has 0 radical (unpaired) electrons. The fraction of sp³-hybridized carbons (Fsp3) is 0. The van der Waals surface area contributed by atoms with Crippen LogP contribution in [0.4, 0.5) is 0 Å². The lowest BCUT2D eigenvalue weighted by molar-refractivity contribution is 1.08. The van der Waals surface area contributed by atoms with E-state index in [1.165, 1.54) is 10.8 Å². The molecule has 0 saturated carbocycles. The van der Waals surface area contributed by atoms with Gasteiger partial charge in [-0.05, 0) is 40.6 Å². The van der Waals surface area contributed by atoms with Gasteiger partial charge in [0.15, 0.2) is 0 Å². The maximum atomic E-state index is 6.29. The number of aromatic nitrogens is 3. The molecule has 0 amide bonds. The molecule has 0 spiro atoms. The Morgan fingerprint density at radius 2 is 1.59 bits per heavy atom. The summed E-state index contributed by atoms with van der Waals surface area (Å²) in [6, 6.07) is 22.4. The second-order valence-corrected chi connectivity index (χ2v) is 6.92. The molecule has 0 aliphatic rings. The van der Waals surface area contributed by atoms with Crippen molar-refractivity contribution in [1.82, 2.24) is 14.8 Å². The van der Waals surface area contributed by atoms with Gasteiger partial charge in [0.05, 0.1) is 16.9 Å². The highest BCUT2D eigenvalue weighted by Crippen LogP contribution is 2.26. The number of fused-ring (bicyclic) bond motifs is 2. The molecule has 130 valence electrons. The Balaban J connectivity index is 1.60. The fourth-order valence-corrected chi connectivity index (χ4v) is 3.55. The van der Waals surface area contributed by atoms with E-state index in [1.54, 1.807) is 0 Å². The normalized spacial score (nSPS) is 11.7. The predicted octanol–water partition coefficient (Wildman–Crippen LogP) is 6.33. The molecule has 0 saturated heterocycles. The van der Waals surface area contributed by atoms with Crippen LogP contribution in [0.1, 0.15) is 11.3 Å². The molecule has 0 unspecified atom stereocenters. The molecule has 27 heavy (non-hydrogen) atoms. The number of H-pyrrole nitrogens is 1. The summed E-state index contributed by atoms with van der Waals surface area (Å²) < 4.78 is 2.12. The van der Waals surface area contributed by atoms with E-state index in [-0.39, 0.29) is 0 Å². The standard InChI is InChI=1S/C23H16ClN3/c24-19-11-9-16(10-12-22-20-7-3-4-8-21(20)25-26-22)23(13-19)27-14-17-5-1-2-6-18(17)15-27/h1-15H,(H,25,26)/b12-10+. The van der Waals surface area contributed by atoms with Gasteiger partial charge in [-0.15, -0.1) is 0 Å². The van der Waals surface area contributed by atoms with Crippen LogP contribution in [0, 0.1) is 0 Å². The van der Waals surface area contributed by atoms with Crippen molar-refractivity contribution in [3.05, 3.63) is 95.4 Å². The van der Waals surface area contributed by atoms with E-state index < -0.39 is 0 Å². The molecule has 2 heterocycles. The second-order valence-electron chi connectivity index (χ2n) is 6.49. The van der Waals surface area contributed by atoms with Gasteiger partial charge in [0.25, 0.3) is 0 Å². The van der Waals surface area contributed by atoms with Crippen LogP contribution in [0.2, 0.25) is 5.02 Å². The van der Waals surface area contributed by atoms with Gasteiger partial charge in [0.1, 0.15) is 0 Å². The predicted molar refractivity (Wildman–Crippen MR) is 113 cm³/mol.